The first-order valence-electron chi connectivity index (χ1n) is 5.42. The molecule has 0 heterocycles. The standard InChI is InChI=1S/C12H18ClNOS/c1-15-12-4-3-10(9-11(12)13)5-7-14-6-2-8-16/h3-4,9,14,16H,2,5-8H2,1H3. The molecule has 0 radical (unpaired) electrons. The van der Waals surface area contributed by atoms with E-state index in [2.05, 4.69) is 17.9 Å². The maximum atomic E-state index is 6.04. The van der Waals surface area contributed by atoms with Crippen molar-refractivity contribution in [2.45, 2.75) is 12.8 Å². The van der Waals surface area contributed by atoms with E-state index in [-0.39, 0.29) is 0 Å². The number of benzene rings is 1. The molecule has 1 rings (SSSR count). The second-order valence-corrected chi connectivity index (χ2v) is 4.40. The minimum atomic E-state index is 0.676. The van der Waals surface area contributed by atoms with E-state index in [0.717, 1.165) is 37.4 Å². The Morgan fingerprint density at radius 1 is 1.38 bits per heavy atom. The molecule has 1 N–H and O–H groups in total. The Balaban J connectivity index is 2.34. The van der Waals surface area contributed by atoms with Crippen LogP contribution in [0.25, 0.3) is 0 Å². The molecule has 4 heteroatoms. The van der Waals surface area contributed by atoms with E-state index in [4.69, 9.17) is 16.3 Å². The number of halogens is 1. The number of hydrogen-bond donors (Lipinski definition) is 2. The molecule has 0 bridgehead atoms. The van der Waals surface area contributed by atoms with Crippen LogP contribution in [-0.4, -0.2) is 26.0 Å². The van der Waals surface area contributed by atoms with Gasteiger partial charge in [0.2, 0.25) is 0 Å². The van der Waals surface area contributed by atoms with Crippen molar-refractivity contribution in [1.29, 1.82) is 0 Å². The zero-order chi connectivity index (χ0) is 11.8. The summed E-state index contributed by atoms with van der Waals surface area (Å²) in [5, 5.41) is 4.04. The lowest BCUT2D eigenvalue weighted by Gasteiger charge is -2.07. The second kappa shape index (κ2) is 7.82. The smallest absolute Gasteiger partial charge is 0.137 e. The topological polar surface area (TPSA) is 21.3 Å². The van der Waals surface area contributed by atoms with Crippen molar-refractivity contribution in [1.82, 2.24) is 5.32 Å². The summed E-state index contributed by atoms with van der Waals surface area (Å²) in [6, 6.07) is 5.91. The number of nitrogens with one attached hydrogen (secondary N) is 1. The quantitative estimate of drug-likeness (QED) is 0.580. The van der Waals surface area contributed by atoms with Gasteiger partial charge in [0.15, 0.2) is 0 Å². The van der Waals surface area contributed by atoms with Gasteiger partial charge in [0, 0.05) is 0 Å². The van der Waals surface area contributed by atoms with Gasteiger partial charge in [-0.15, -0.1) is 0 Å². The lowest BCUT2D eigenvalue weighted by Crippen LogP contribution is -2.18. The Morgan fingerprint density at radius 3 is 2.81 bits per heavy atom. The normalized spacial score (nSPS) is 10.4. The van der Waals surface area contributed by atoms with E-state index in [1.54, 1.807) is 7.11 Å². The predicted molar refractivity (Wildman–Crippen MR) is 73.0 cm³/mol. The fraction of sp³-hybridized carbons (Fsp3) is 0.500. The lowest BCUT2D eigenvalue weighted by atomic mass is 10.1. The number of ether oxygens (including phenoxy) is 1. The maximum Gasteiger partial charge on any atom is 0.137 e. The molecule has 0 saturated heterocycles. The largest absolute Gasteiger partial charge is 0.495 e. The molecule has 0 amide bonds. The van der Waals surface area contributed by atoms with Crippen LogP contribution in [0.5, 0.6) is 5.75 Å². The van der Waals surface area contributed by atoms with E-state index in [9.17, 15) is 0 Å². The zero-order valence-corrected chi connectivity index (χ0v) is 11.2. The summed E-state index contributed by atoms with van der Waals surface area (Å²) >= 11 is 10.2. The number of methoxy groups -OCH3 is 1. The summed E-state index contributed by atoms with van der Waals surface area (Å²) < 4.78 is 5.10. The fourth-order valence-corrected chi connectivity index (χ4v) is 1.87. The van der Waals surface area contributed by atoms with Crippen LogP contribution in [-0.2, 0) is 6.42 Å². The van der Waals surface area contributed by atoms with Gasteiger partial charge >= 0.3 is 0 Å². The van der Waals surface area contributed by atoms with Gasteiger partial charge in [0.1, 0.15) is 5.75 Å². The van der Waals surface area contributed by atoms with Gasteiger partial charge in [-0.2, -0.15) is 12.6 Å². The molecule has 0 fully saturated rings. The average molecular weight is 260 g/mol. The van der Waals surface area contributed by atoms with Crippen molar-refractivity contribution >= 4 is 24.2 Å². The van der Waals surface area contributed by atoms with Gasteiger partial charge in [-0.3, -0.25) is 0 Å². The van der Waals surface area contributed by atoms with Crippen molar-refractivity contribution < 1.29 is 4.74 Å². The number of thiol groups is 1. The van der Waals surface area contributed by atoms with Crippen LogP contribution in [0.1, 0.15) is 12.0 Å². The summed E-state index contributed by atoms with van der Waals surface area (Å²) in [7, 11) is 1.62. The van der Waals surface area contributed by atoms with E-state index in [0.29, 0.717) is 5.02 Å². The van der Waals surface area contributed by atoms with Crippen LogP contribution >= 0.6 is 24.2 Å². The molecule has 0 aliphatic rings. The highest BCUT2D eigenvalue weighted by Crippen LogP contribution is 2.24. The molecule has 0 unspecified atom stereocenters. The molecule has 2 nitrogen and oxygen atoms in total. The van der Waals surface area contributed by atoms with Crippen LogP contribution in [0.15, 0.2) is 18.2 Å². The third-order valence-corrected chi connectivity index (χ3v) is 2.93. The third kappa shape index (κ3) is 4.64. The molecule has 0 aliphatic carbocycles. The molecule has 0 spiro atoms. The Kier molecular flexibility index (Phi) is 6.69. The van der Waals surface area contributed by atoms with Crippen LogP contribution in [0, 0.1) is 0 Å². The summed E-state index contributed by atoms with van der Waals surface area (Å²) in [5.74, 6) is 1.66. The van der Waals surface area contributed by atoms with Gasteiger partial charge in [-0.25, -0.2) is 0 Å². The van der Waals surface area contributed by atoms with Crippen LogP contribution in [0.4, 0.5) is 0 Å². The van der Waals surface area contributed by atoms with Crippen LogP contribution < -0.4 is 10.1 Å². The Morgan fingerprint density at radius 2 is 2.19 bits per heavy atom. The molecule has 0 aromatic heterocycles. The summed E-state index contributed by atoms with van der Waals surface area (Å²) in [5.41, 5.74) is 1.23. The first kappa shape index (κ1) is 13.7. The highest BCUT2D eigenvalue weighted by Gasteiger charge is 2.01. The van der Waals surface area contributed by atoms with Crippen molar-refractivity contribution in [3.05, 3.63) is 28.8 Å². The maximum absolute atomic E-state index is 6.04. The highest BCUT2D eigenvalue weighted by atomic mass is 35.5. The van der Waals surface area contributed by atoms with Gasteiger partial charge in [-0.05, 0) is 49.4 Å². The second-order valence-electron chi connectivity index (χ2n) is 3.55. The fourth-order valence-electron chi connectivity index (χ4n) is 1.43. The number of hydrogen-bond acceptors (Lipinski definition) is 3. The summed E-state index contributed by atoms with van der Waals surface area (Å²) in [6.07, 6.45) is 2.09. The molecule has 1 aromatic rings. The molecule has 16 heavy (non-hydrogen) atoms. The SMILES string of the molecule is COc1ccc(CCNCCCS)cc1Cl. The van der Waals surface area contributed by atoms with Gasteiger partial charge < -0.3 is 10.1 Å². The zero-order valence-electron chi connectivity index (χ0n) is 9.50. The van der Waals surface area contributed by atoms with Crippen molar-refractivity contribution in [2.24, 2.45) is 0 Å². The van der Waals surface area contributed by atoms with E-state index in [1.807, 2.05) is 18.2 Å². The van der Waals surface area contributed by atoms with Crippen LogP contribution in [0.2, 0.25) is 5.02 Å². The van der Waals surface area contributed by atoms with E-state index < -0.39 is 0 Å². The predicted octanol–water partition coefficient (Wildman–Crippen LogP) is 2.80. The minimum Gasteiger partial charge on any atom is -0.495 e. The summed E-state index contributed by atoms with van der Waals surface area (Å²) in [6.45, 7) is 1.99. The lowest BCUT2D eigenvalue weighted by molar-refractivity contribution is 0.415. The van der Waals surface area contributed by atoms with Gasteiger partial charge in [0.05, 0.1) is 12.1 Å². The first-order valence-corrected chi connectivity index (χ1v) is 6.43. The van der Waals surface area contributed by atoms with Crippen molar-refractivity contribution in [2.75, 3.05) is 26.0 Å². The Labute approximate surface area is 108 Å². The molecule has 0 aliphatic heterocycles. The third-order valence-electron chi connectivity index (χ3n) is 2.32. The van der Waals surface area contributed by atoms with Gasteiger partial charge in [0.25, 0.3) is 0 Å². The van der Waals surface area contributed by atoms with Crippen molar-refractivity contribution in [3.8, 4) is 5.75 Å². The minimum absolute atomic E-state index is 0.676. The van der Waals surface area contributed by atoms with E-state index in [1.165, 1.54) is 5.56 Å². The van der Waals surface area contributed by atoms with Crippen molar-refractivity contribution in [3.63, 3.8) is 0 Å². The molecule has 0 atom stereocenters. The van der Waals surface area contributed by atoms with Gasteiger partial charge in [-0.1, -0.05) is 17.7 Å². The molecule has 90 valence electrons. The monoisotopic (exact) mass is 259 g/mol. The van der Waals surface area contributed by atoms with E-state index >= 15 is 0 Å². The summed E-state index contributed by atoms with van der Waals surface area (Å²) in [4.78, 5) is 0. The molecular weight excluding hydrogens is 242 g/mol. The highest BCUT2D eigenvalue weighted by molar-refractivity contribution is 7.80. The first-order chi connectivity index (χ1) is 7.77. The molecule has 0 saturated carbocycles. The number of rotatable bonds is 7. The molecular formula is C12H18ClNOS. The average Bonchev–Trinajstić information content (AvgIpc) is 2.29. The Hall–Kier alpha value is -0.380. The van der Waals surface area contributed by atoms with Crippen LogP contribution in [0.3, 0.4) is 0 Å². The Bertz CT molecular complexity index is 320. The molecule has 1 aromatic carbocycles.